The van der Waals surface area contributed by atoms with Gasteiger partial charge in [0.15, 0.2) is 0 Å². The number of ether oxygens (including phenoxy) is 2. The van der Waals surface area contributed by atoms with Gasteiger partial charge in [-0.05, 0) is 74.1 Å². The van der Waals surface area contributed by atoms with Gasteiger partial charge in [-0.3, -0.25) is 9.48 Å². The summed E-state index contributed by atoms with van der Waals surface area (Å²) in [5.74, 6) is 2.14. The third-order valence-corrected chi connectivity index (χ3v) is 7.73. The first-order valence-corrected chi connectivity index (χ1v) is 14.2. The number of hydrogen-bond acceptors (Lipinski definition) is 6. The van der Waals surface area contributed by atoms with Gasteiger partial charge in [0.2, 0.25) is 0 Å². The summed E-state index contributed by atoms with van der Waals surface area (Å²) in [6, 6.07) is 16.7. The van der Waals surface area contributed by atoms with Gasteiger partial charge in [-0.1, -0.05) is 35.5 Å². The van der Waals surface area contributed by atoms with Crippen LogP contribution in [-0.2, 0) is 24.2 Å². The summed E-state index contributed by atoms with van der Waals surface area (Å²) < 4.78 is 19.4. The minimum atomic E-state index is -0.00644. The lowest BCUT2D eigenvalue weighted by Crippen LogP contribution is -2.35. The van der Waals surface area contributed by atoms with Crippen molar-refractivity contribution in [3.63, 3.8) is 0 Å². The van der Waals surface area contributed by atoms with Crippen LogP contribution in [0.25, 0.3) is 11.1 Å². The predicted molar refractivity (Wildman–Crippen MR) is 152 cm³/mol. The number of hydrogen-bond donors (Lipinski definition) is 0. The number of carbonyl (C=O) groups is 1. The Hall–Kier alpha value is -3.91. The maximum absolute atomic E-state index is 13.8. The molecule has 0 spiro atoms. The molecular formula is C32H36N4O4. The molecular weight excluding hydrogens is 504 g/mol. The minimum Gasteiger partial charge on any atom is -0.491 e. The molecule has 2 aromatic carbocycles. The Morgan fingerprint density at radius 1 is 1.02 bits per heavy atom. The van der Waals surface area contributed by atoms with Crippen LogP contribution in [0.2, 0.25) is 0 Å². The molecule has 1 aliphatic carbocycles. The quantitative estimate of drug-likeness (QED) is 0.331. The molecule has 1 saturated carbocycles. The number of nitrogens with zero attached hydrogens (tertiary/aromatic N) is 4. The first kappa shape index (κ1) is 26.3. The van der Waals surface area contributed by atoms with Crippen LogP contribution < -0.4 is 4.74 Å². The van der Waals surface area contributed by atoms with Crippen LogP contribution in [0.1, 0.15) is 70.0 Å². The van der Waals surface area contributed by atoms with Crippen molar-refractivity contribution in [2.75, 3.05) is 26.4 Å². The van der Waals surface area contributed by atoms with E-state index in [1.807, 2.05) is 42.5 Å². The molecule has 6 rings (SSSR count). The van der Waals surface area contributed by atoms with Crippen LogP contribution in [-0.4, -0.2) is 52.1 Å². The van der Waals surface area contributed by atoms with Gasteiger partial charge in [-0.25, -0.2) is 0 Å². The molecule has 1 fully saturated rings. The van der Waals surface area contributed by atoms with Crippen LogP contribution in [0, 0.1) is 13.8 Å². The Morgan fingerprint density at radius 2 is 1.88 bits per heavy atom. The molecule has 2 bridgehead atoms. The molecule has 1 amide bonds. The summed E-state index contributed by atoms with van der Waals surface area (Å²) >= 11 is 0. The lowest BCUT2D eigenvalue weighted by atomic mass is 9.96. The molecule has 3 heterocycles. The minimum absolute atomic E-state index is 0.00644. The largest absolute Gasteiger partial charge is 0.491 e. The number of carbonyl (C=O) groups excluding carboxylic acids is 1. The number of fused-ring (bicyclic) bond motifs is 3. The van der Waals surface area contributed by atoms with Gasteiger partial charge in [0, 0.05) is 37.5 Å². The maximum Gasteiger partial charge on any atom is 0.272 e. The van der Waals surface area contributed by atoms with E-state index in [2.05, 4.69) is 41.6 Å². The van der Waals surface area contributed by atoms with Gasteiger partial charge < -0.3 is 18.9 Å². The zero-order valence-electron chi connectivity index (χ0n) is 23.5. The zero-order valence-corrected chi connectivity index (χ0v) is 23.5. The summed E-state index contributed by atoms with van der Waals surface area (Å²) in [6.07, 6.45) is 3.01. The second kappa shape index (κ2) is 11.3. The Kier molecular flexibility index (Phi) is 7.43. The summed E-state index contributed by atoms with van der Waals surface area (Å²) in [4.78, 5) is 15.7. The molecule has 0 unspecified atom stereocenters. The van der Waals surface area contributed by atoms with Crippen molar-refractivity contribution in [1.29, 1.82) is 0 Å². The van der Waals surface area contributed by atoms with E-state index in [9.17, 15) is 4.79 Å². The number of aryl methyl sites for hydroxylation is 3. The van der Waals surface area contributed by atoms with Gasteiger partial charge in [-0.2, -0.15) is 5.10 Å². The molecule has 0 radical (unpaired) electrons. The van der Waals surface area contributed by atoms with Gasteiger partial charge in [0.05, 0.1) is 24.6 Å². The van der Waals surface area contributed by atoms with E-state index in [-0.39, 0.29) is 5.91 Å². The second-order valence-electron chi connectivity index (χ2n) is 10.8. The molecule has 0 N–H and O–H groups in total. The van der Waals surface area contributed by atoms with E-state index in [1.54, 1.807) is 0 Å². The van der Waals surface area contributed by atoms with Crippen molar-refractivity contribution in [2.24, 2.45) is 0 Å². The highest BCUT2D eigenvalue weighted by Gasteiger charge is 2.30. The first-order chi connectivity index (χ1) is 19.5. The van der Waals surface area contributed by atoms with Crippen molar-refractivity contribution in [2.45, 2.75) is 59.0 Å². The molecule has 208 valence electrons. The zero-order chi connectivity index (χ0) is 27.6. The van der Waals surface area contributed by atoms with Gasteiger partial charge in [0.1, 0.15) is 23.8 Å². The summed E-state index contributed by atoms with van der Waals surface area (Å²) in [7, 11) is 0. The van der Waals surface area contributed by atoms with E-state index in [1.165, 1.54) is 0 Å². The fourth-order valence-corrected chi connectivity index (χ4v) is 5.52. The Balaban J connectivity index is 1.30. The maximum atomic E-state index is 13.8. The second-order valence-corrected chi connectivity index (χ2v) is 10.8. The highest BCUT2D eigenvalue weighted by molar-refractivity contribution is 5.92. The molecule has 8 heteroatoms. The summed E-state index contributed by atoms with van der Waals surface area (Å²) in [5, 5.41) is 8.86. The normalized spacial score (nSPS) is 16.2. The van der Waals surface area contributed by atoms with Crippen LogP contribution in [0.15, 0.2) is 53.1 Å². The van der Waals surface area contributed by atoms with Crippen LogP contribution in [0.3, 0.4) is 0 Å². The average Bonchev–Trinajstić information content (AvgIpc) is 3.63. The van der Waals surface area contributed by atoms with Crippen molar-refractivity contribution >= 4 is 5.91 Å². The van der Waals surface area contributed by atoms with Crippen LogP contribution in [0.5, 0.6) is 5.75 Å². The molecule has 0 saturated heterocycles. The van der Waals surface area contributed by atoms with Crippen LogP contribution >= 0.6 is 0 Å². The molecule has 2 aliphatic rings. The lowest BCUT2D eigenvalue weighted by Gasteiger charge is -2.24. The third-order valence-electron chi connectivity index (χ3n) is 7.73. The topological polar surface area (TPSA) is 82.6 Å². The number of amides is 1. The molecule has 40 heavy (non-hydrogen) atoms. The fourth-order valence-electron chi connectivity index (χ4n) is 5.52. The Morgan fingerprint density at radius 3 is 2.65 bits per heavy atom. The highest BCUT2D eigenvalue weighted by Crippen LogP contribution is 2.39. The van der Waals surface area contributed by atoms with Crippen molar-refractivity contribution in [3.8, 4) is 16.9 Å². The van der Waals surface area contributed by atoms with Gasteiger partial charge in [-0.15, -0.1) is 0 Å². The van der Waals surface area contributed by atoms with E-state index < -0.39 is 0 Å². The number of benzene rings is 2. The number of rotatable bonds is 4. The standard InChI is InChI=1S/C32H36N4O4/c1-4-36-29(19-28(33-36)25-8-9-25)32(37)35-12-13-38-14-15-39-30-11-10-26(31-21(2)34-40-22(31)3)18-27(30)17-23-6-5-7-24(16-23)20-35/h5-7,10-11,16,18-19,25H,4,8-9,12-15,17,20H2,1-3H3. The van der Waals surface area contributed by atoms with Crippen LogP contribution in [0.4, 0.5) is 0 Å². The third kappa shape index (κ3) is 5.54. The van der Waals surface area contributed by atoms with Gasteiger partial charge >= 0.3 is 0 Å². The monoisotopic (exact) mass is 540 g/mol. The Labute approximate surface area is 234 Å². The smallest absolute Gasteiger partial charge is 0.272 e. The molecule has 1 aliphatic heterocycles. The molecule has 0 atom stereocenters. The molecule has 4 aromatic rings. The predicted octanol–water partition coefficient (Wildman–Crippen LogP) is 5.69. The first-order valence-electron chi connectivity index (χ1n) is 14.2. The van der Waals surface area contributed by atoms with E-state index in [0.717, 1.165) is 63.6 Å². The SMILES string of the molecule is CCn1nc(C2CC2)cc1C(=O)N1CCOCCOc2ccc(-c3c(C)noc3C)cc2Cc2cccc(c2)C1. The molecule has 2 aromatic heterocycles. The number of aromatic nitrogens is 3. The Bertz CT molecular complexity index is 1500. The van der Waals surface area contributed by atoms with Gasteiger partial charge in [0.25, 0.3) is 5.91 Å². The highest BCUT2D eigenvalue weighted by atomic mass is 16.5. The lowest BCUT2D eigenvalue weighted by molar-refractivity contribution is 0.0562. The summed E-state index contributed by atoms with van der Waals surface area (Å²) in [6.45, 7) is 8.90. The van der Waals surface area contributed by atoms with E-state index in [0.29, 0.717) is 57.5 Å². The van der Waals surface area contributed by atoms with Crippen molar-refractivity contribution in [3.05, 3.63) is 88.1 Å². The average molecular weight is 541 g/mol. The fraction of sp³-hybridized carbons (Fsp3) is 0.406. The van der Waals surface area contributed by atoms with E-state index in [4.69, 9.17) is 19.1 Å². The van der Waals surface area contributed by atoms with Crippen molar-refractivity contribution in [1.82, 2.24) is 19.8 Å². The van der Waals surface area contributed by atoms with Crippen molar-refractivity contribution < 1.29 is 18.8 Å². The molecule has 8 nitrogen and oxygen atoms in total. The van der Waals surface area contributed by atoms with E-state index >= 15 is 0 Å². The summed E-state index contributed by atoms with van der Waals surface area (Å²) in [5.41, 5.74) is 7.97.